The van der Waals surface area contributed by atoms with Crippen LogP contribution in [-0.2, 0) is 50.7 Å². The van der Waals surface area contributed by atoms with Crippen LogP contribution in [0.3, 0.4) is 0 Å². The fraction of sp³-hybridized carbons (Fsp3) is 0.750. The van der Waals surface area contributed by atoms with Crippen LogP contribution >= 0.6 is 35.2 Å². The molecule has 0 aromatic carbocycles. The van der Waals surface area contributed by atoms with Crippen LogP contribution in [0.2, 0.25) is 0 Å². The normalized spacial score (nSPS) is 21.6. The molecule has 2 aromatic heterocycles. The van der Waals surface area contributed by atoms with E-state index in [1.807, 2.05) is 6.92 Å². The second-order valence-corrected chi connectivity index (χ2v) is 20.0. The highest BCUT2D eigenvalue weighted by atomic mass is 32.2. The van der Waals surface area contributed by atoms with Gasteiger partial charge in [-0.1, -0.05) is 78.0 Å². The quantitative estimate of drug-likeness (QED) is 0.0457. The number of imidazole rings is 1. The van der Waals surface area contributed by atoms with Gasteiger partial charge in [0.15, 0.2) is 22.8 Å². The number of nitrogen functional groups attached to an aromatic ring is 1. The van der Waals surface area contributed by atoms with Crippen LogP contribution < -0.4 is 16.4 Å². The van der Waals surface area contributed by atoms with E-state index in [9.17, 15) is 57.9 Å². The molecule has 0 spiro atoms. The minimum atomic E-state index is -5.57. The number of phosphoric ester groups is 3. The molecule has 0 aliphatic carbocycles. The molecule has 3 rings (SSSR count). The minimum Gasteiger partial charge on any atom is -0.386 e. The van der Waals surface area contributed by atoms with Crippen molar-refractivity contribution in [3.8, 4) is 0 Å². The summed E-state index contributed by atoms with van der Waals surface area (Å²) in [6, 6.07) is 0. The van der Waals surface area contributed by atoms with Gasteiger partial charge in [0.2, 0.25) is 11.8 Å². The van der Waals surface area contributed by atoms with Crippen molar-refractivity contribution in [3.63, 3.8) is 0 Å². The first-order valence-corrected chi connectivity index (χ1v) is 24.5. The number of rotatable bonds is 27. The molecule has 1 saturated heterocycles. The van der Waals surface area contributed by atoms with Crippen molar-refractivity contribution in [2.24, 2.45) is 11.3 Å². The second kappa shape index (κ2) is 23.3. The molecule has 0 bridgehead atoms. The van der Waals surface area contributed by atoms with Crippen molar-refractivity contribution < 1.29 is 80.5 Å². The molecule has 28 heteroatoms. The van der Waals surface area contributed by atoms with Crippen LogP contribution in [0.15, 0.2) is 12.7 Å². The molecule has 3 unspecified atom stereocenters. The summed E-state index contributed by atoms with van der Waals surface area (Å²) in [5, 5.41) is 26.6. The maximum Gasteiger partial charge on any atom is 0.481 e. The average Bonchev–Trinajstić information content (AvgIpc) is 3.72. The van der Waals surface area contributed by atoms with Crippen LogP contribution in [-0.4, -0.2) is 123 Å². The Kier molecular flexibility index (Phi) is 20.2. The lowest BCUT2D eigenvalue weighted by Crippen LogP contribution is -2.46. The molecule has 2 amide bonds. The number of unbranched alkanes of at least 4 members (excludes halogenated alkanes) is 5. The van der Waals surface area contributed by atoms with Gasteiger partial charge in [0, 0.05) is 36.6 Å². The zero-order valence-electron chi connectivity index (χ0n) is 33.6. The maximum absolute atomic E-state index is 12.7. The predicted molar refractivity (Wildman–Crippen MR) is 214 cm³/mol. The Hall–Kier alpha value is -2.44. The van der Waals surface area contributed by atoms with Crippen molar-refractivity contribution in [2.45, 2.75) is 110 Å². The molecule has 0 saturated carbocycles. The van der Waals surface area contributed by atoms with Crippen molar-refractivity contribution in [2.75, 3.05) is 37.8 Å². The van der Waals surface area contributed by atoms with E-state index in [0.717, 1.165) is 48.2 Å². The lowest BCUT2D eigenvalue weighted by Gasteiger charge is -2.30. The topological polar surface area (TPSA) is 364 Å². The lowest BCUT2D eigenvalue weighted by atomic mass is 9.87. The van der Waals surface area contributed by atoms with E-state index in [1.165, 1.54) is 39.5 Å². The highest BCUT2D eigenvalue weighted by Gasteiger charge is 2.50. The van der Waals surface area contributed by atoms with Crippen LogP contribution in [0.4, 0.5) is 5.82 Å². The first-order valence-electron chi connectivity index (χ1n) is 19.0. The van der Waals surface area contributed by atoms with Crippen molar-refractivity contribution in [1.29, 1.82) is 0 Å². The Labute approximate surface area is 350 Å². The maximum atomic E-state index is 12.7. The van der Waals surface area contributed by atoms with Crippen molar-refractivity contribution in [1.82, 2.24) is 30.2 Å². The molecule has 10 N–H and O–H groups in total. The van der Waals surface area contributed by atoms with E-state index in [0.29, 0.717) is 5.75 Å². The van der Waals surface area contributed by atoms with Crippen LogP contribution in [0.25, 0.3) is 11.2 Å². The number of amides is 2. The summed E-state index contributed by atoms with van der Waals surface area (Å²) in [4.78, 5) is 88.3. The number of ether oxygens (including phenoxy) is 1. The number of aliphatic hydroxyl groups excluding tert-OH is 2. The molecule has 0 radical (unpaired) electrons. The summed E-state index contributed by atoms with van der Waals surface area (Å²) in [5.41, 5.74) is 4.28. The van der Waals surface area contributed by atoms with Gasteiger partial charge in [-0.3, -0.25) is 32.5 Å². The highest BCUT2D eigenvalue weighted by molar-refractivity contribution is 8.13. The molecular weight excluding hydrogens is 879 g/mol. The largest absolute Gasteiger partial charge is 0.481 e. The molecule has 60 heavy (non-hydrogen) atoms. The summed E-state index contributed by atoms with van der Waals surface area (Å²) < 4.78 is 62.3. The Morgan fingerprint density at radius 2 is 1.67 bits per heavy atom. The number of phosphoric acid groups is 3. The van der Waals surface area contributed by atoms with Gasteiger partial charge in [-0.05, 0) is 6.42 Å². The fourth-order valence-electron chi connectivity index (χ4n) is 5.77. The molecule has 2 aromatic rings. The average molecular weight is 936 g/mol. The van der Waals surface area contributed by atoms with E-state index in [2.05, 4.69) is 41.3 Å². The summed E-state index contributed by atoms with van der Waals surface area (Å²) >= 11 is 1.15. The van der Waals surface area contributed by atoms with Gasteiger partial charge in [-0.25, -0.2) is 28.6 Å². The highest BCUT2D eigenvalue weighted by Crippen LogP contribution is 2.61. The van der Waals surface area contributed by atoms with E-state index >= 15 is 0 Å². The number of hydrogen-bond acceptors (Lipinski definition) is 18. The predicted octanol–water partition coefficient (Wildman–Crippen LogP) is 2.05. The molecule has 1 aliphatic rings. The number of aliphatic hydroxyl groups is 2. The minimum absolute atomic E-state index is 0.0327. The number of nitrogens with zero attached hydrogens (tertiary/aromatic N) is 4. The van der Waals surface area contributed by atoms with E-state index < -0.39 is 84.6 Å². The van der Waals surface area contributed by atoms with Gasteiger partial charge >= 0.3 is 23.5 Å². The molecule has 3 heterocycles. The number of hydrogen-bond donors (Lipinski definition) is 9. The van der Waals surface area contributed by atoms with Gasteiger partial charge < -0.3 is 50.9 Å². The third kappa shape index (κ3) is 16.7. The van der Waals surface area contributed by atoms with Gasteiger partial charge in [-0.2, -0.15) is 4.31 Å². The molecule has 24 nitrogen and oxygen atoms in total. The van der Waals surface area contributed by atoms with E-state index in [1.54, 1.807) is 0 Å². The number of carbonyl (C=O) groups is 3. The van der Waals surface area contributed by atoms with Crippen LogP contribution in [0.1, 0.15) is 85.3 Å². The third-order valence-corrected chi connectivity index (χ3v) is 13.3. The number of fused-ring (bicyclic) bond motifs is 1. The third-order valence-electron chi connectivity index (χ3n) is 9.14. The summed E-state index contributed by atoms with van der Waals surface area (Å²) in [6.07, 6.45) is 0.805. The standard InChI is InChI=1S/C32H56N7O17P3S/c1-5-6-7-8-9-10-11-20(2)31(44)60-15-14-34-22(40)12-13-35-29(43)26(42)32(3,4)17-53-59(50,51)56-58(48,49)52-16-21-25(55-57(45,46)47)24(41)30(54-21)39-19-38-23-27(33)36-18-37-28(23)39/h18-21,24-26,30,41-42H,5-17H2,1-4H3,(H,34,40)(H,35,43)(H,48,49)(H,50,51)(H2,33,36,37)(H2,45,46,47)/t20-,21+,24+,25+,26?,30+/m0/s1. The fourth-order valence-corrected chi connectivity index (χ4v) is 9.41. The number of nitrogens with one attached hydrogen (secondary N) is 2. The smallest absolute Gasteiger partial charge is 0.386 e. The zero-order valence-corrected chi connectivity index (χ0v) is 37.1. The summed E-state index contributed by atoms with van der Waals surface area (Å²) in [7, 11) is -16.4. The Morgan fingerprint density at radius 3 is 2.35 bits per heavy atom. The Balaban J connectivity index is 1.42. The lowest BCUT2D eigenvalue weighted by molar-refractivity contribution is -0.137. The molecular formula is C32H56N7O17P3S. The number of thioether (sulfide) groups is 1. The van der Waals surface area contributed by atoms with Gasteiger partial charge in [0.1, 0.15) is 36.3 Å². The number of anilines is 1. The van der Waals surface area contributed by atoms with Crippen LogP contribution in [0, 0.1) is 11.3 Å². The molecule has 8 atom stereocenters. The van der Waals surface area contributed by atoms with E-state index in [-0.39, 0.29) is 47.5 Å². The van der Waals surface area contributed by atoms with Crippen molar-refractivity contribution >= 4 is 69.1 Å². The van der Waals surface area contributed by atoms with Crippen molar-refractivity contribution in [3.05, 3.63) is 12.7 Å². The summed E-state index contributed by atoms with van der Waals surface area (Å²) in [6.45, 7) is 4.62. The van der Waals surface area contributed by atoms with Crippen LogP contribution in [0.5, 0.6) is 0 Å². The molecule has 342 valence electrons. The first kappa shape index (κ1) is 51.9. The molecule has 1 fully saturated rings. The monoisotopic (exact) mass is 935 g/mol. The first-order chi connectivity index (χ1) is 28.0. The number of aromatic nitrogens is 4. The van der Waals surface area contributed by atoms with Gasteiger partial charge in [-0.15, -0.1) is 0 Å². The number of nitrogens with two attached hydrogens (primary N) is 1. The Morgan fingerprint density at radius 1 is 1.00 bits per heavy atom. The number of carbonyl (C=O) groups excluding carboxylic acids is 3. The Bertz CT molecular complexity index is 1890. The zero-order chi connectivity index (χ0) is 44.9. The summed E-state index contributed by atoms with van der Waals surface area (Å²) in [5.74, 6) is -1.12. The van der Waals surface area contributed by atoms with Gasteiger partial charge in [0.05, 0.1) is 19.5 Å². The SMILES string of the molecule is CCCCCCCC[C@H](C)C(=O)SCCNC(=O)CCNC(=O)C(O)C(C)(C)COP(=O)(O)OP(=O)(O)OC[C@H]1O[C@@H](n2cnc3c(N)ncnc32)[C@H](O)[C@@H]1OP(=O)(O)O. The second-order valence-electron chi connectivity index (χ2n) is 14.7. The van der Waals surface area contributed by atoms with E-state index in [4.69, 9.17) is 19.5 Å². The van der Waals surface area contributed by atoms with Gasteiger partial charge in [0.25, 0.3) is 0 Å². The molecule has 1 aliphatic heterocycles.